The van der Waals surface area contributed by atoms with E-state index in [4.69, 9.17) is 5.73 Å². The number of methoxy groups -OCH3 is 2. The van der Waals surface area contributed by atoms with Gasteiger partial charge in [-0.15, -0.1) is 0 Å². The number of nitrogens with two attached hydrogens (primary N) is 1. The second-order valence-corrected chi connectivity index (χ2v) is 7.43. The quantitative estimate of drug-likeness (QED) is 0.332. The summed E-state index contributed by atoms with van der Waals surface area (Å²) in [7, 11) is 2.23. The summed E-state index contributed by atoms with van der Waals surface area (Å²) >= 11 is 0. The zero-order valence-corrected chi connectivity index (χ0v) is 18.0. The Morgan fingerprint density at radius 2 is 1.31 bits per heavy atom. The molecule has 0 saturated carbocycles. The van der Waals surface area contributed by atoms with Gasteiger partial charge in [-0.1, -0.05) is 55.5 Å². The monoisotopic (exact) mass is 436 g/mol. The van der Waals surface area contributed by atoms with E-state index in [0.717, 1.165) is 25.0 Å². The van der Waals surface area contributed by atoms with Gasteiger partial charge in [0.05, 0.1) is 19.8 Å². The van der Waals surface area contributed by atoms with Crippen molar-refractivity contribution in [3.8, 4) is 0 Å². The van der Waals surface area contributed by atoms with Crippen molar-refractivity contribution in [2.75, 3.05) is 14.2 Å². The molecule has 0 aliphatic carbocycles. The van der Waals surface area contributed by atoms with Gasteiger partial charge in [0.15, 0.2) is 5.92 Å². The molecular weight excluding hydrogens is 412 g/mol. The third-order valence-corrected chi connectivity index (χ3v) is 5.55. The van der Waals surface area contributed by atoms with Gasteiger partial charge >= 0.3 is 11.9 Å². The number of hydrogen-bond acceptors (Lipinski definition) is 6. The number of hydrogen-bond donors (Lipinski definition) is 2. The molecule has 0 aliphatic heterocycles. The lowest BCUT2D eigenvalue weighted by atomic mass is 9.86. The fourth-order valence-electron chi connectivity index (χ4n) is 3.91. The minimum atomic E-state index is -1.44. The number of carbonyl (C=O) groups excluding carboxylic acids is 4. The molecule has 0 aliphatic rings. The van der Waals surface area contributed by atoms with E-state index in [1.165, 1.54) is 6.92 Å². The van der Waals surface area contributed by atoms with Crippen LogP contribution < -0.4 is 11.1 Å². The molecule has 3 N–H and O–H groups in total. The predicted molar refractivity (Wildman–Crippen MR) is 119 cm³/mol. The molecule has 0 fully saturated rings. The van der Waals surface area contributed by atoms with Crippen molar-refractivity contribution in [2.45, 2.75) is 13.0 Å². The highest BCUT2D eigenvalue weighted by Crippen LogP contribution is 2.29. The van der Waals surface area contributed by atoms with Crippen molar-refractivity contribution < 1.29 is 28.7 Å². The van der Waals surface area contributed by atoms with E-state index < -0.39 is 41.6 Å². The third kappa shape index (κ3) is 4.25. The second kappa shape index (κ2) is 9.47. The molecule has 0 aromatic heterocycles. The van der Waals surface area contributed by atoms with Gasteiger partial charge in [-0.2, -0.15) is 0 Å². The molecule has 2 amide bonds. The molecule has 3 aromatic rings. The zero-order chi connectivity index (χ0) is 23.4. The average Bonchev–Trinajstić information content (AvgIpc) is 2.80. The minimum absolute atomic E-state index is 0.366. The first-order chi connectivity index (χ1) is 15.3. The maximum atomic E-state index is 13.4. The summed E-state index contributed by atoms with van der Waals surface area (Å²) in [6, 6.07) is 15.4. The largest absolute Gasteiger partial charge is 0.468 e. The van der Waals surface area contributed by atoms with Crippen LogP contribution in [0.15, 0.2) is 54.6 Å². The highest BCUT2D eigenvalue weighted by molar-refractivity contribution is 6.18. The van der Waals surface area contributed by atoms with Gasteiger partial charge < -0.3 is 20.5 Å². The van der Waals surface area contributed by atoms with Crippen LogP contribution in [0.5, 0.6) is 0 Å². The van der Waals surface area contributed by atoms with Crippen LogP contribution in [0.25, 0.3) is 21.5 Å². The third-order valence-electron chi connectivity index (χ3n) is 5.55. The van der Waals surface area contributed by atoms with Crippen LogP contribution in [0.1, 0.15) is 17.3 Å². The van der Waals surface area contributed by atoms with Gasteiger partial charge in [-0.3, -0.25) is 19.2 Å². The van der Waals surface area contributed by atoms with Crippen LogP contribution in [0, 0.1) is 11.8 Å². The molecule has 2 atom stereocenters. The van der Waals surface area contributed by atoms with Gasteiger partial charge in [0.2, 0.25) is 5.91 Å². The number of rotatable bonds is 7. The second-order valence-electron chi connectivity index (χ2n) is 7.43. The number of amides is 2. The highest BCUT2D eigenvalue weighted by Gasteiger charge is 2.41. The first kappa shape index (κ1) is 22.7. The van der Waals surface area contributed by atoms with Crippen molar-refractivity contribution in [3.63, 3.8) is 0 Å². The molecule has 0 bridgehead atoms. The van der Waals surface area contributed by atoms with Gasteiger partial charge in [0.25, 0.3) is 5.91 Å². The maximum absolute atomic E-state index is 13.4. The van der Waals surface area contributed by atoms with E-state index in [-0.39, 0.29) is 0 Å². The SMILES string of the molecule is COC(=O)C(C(=O)OC)[C@H](C)[C@@H](NC(=O)c1c2ccccc2cc2ccccc12)C(N)=O. The van der Waals surface area contributed by atoms with E-state index in [1.807, 2.05) is 54.6 Å². The number of ether oxygens (including phenoxy) is 2. The van der Waals surface area contributed by atoms with E-state index in [9.17, 15) is 19.2 Å². The topological polar surface area (TPSA) is 125 Å². The first-order valence-corrected chi connectivity index (χ1v) is 9.96. The molecule has 3 aromatic carbocycles. The van der Waals surface area contributed by atoms with Crippen LogP contribution >= 0.6 is 0 Å². The Kier molecular flexibility index (Phi) is 6.73. The van der Waals surface area contributed by atoms with Gasteiger partial charge in [0, 0.05) is 5.92 Å². The molecule has 0 unspecified atom stereocenters. The molecule has 0 radical (unpaired) electrons. The van der Waals surface area contributed by atoms with E-state index >= 15 is 0 Å². The molecule has 0 heterocycles. The average molecular weight is 436 g/mol. The van der Waals surface area contributed by atoms with Crippen LogP contribution in [0.2, 0.25) is 0 Å². The Bertz CT molecular complexity index is 1140. The number of fused-ring (bicyclic) bond motifs is 2. The van der Waals surface area contributed by atoms with E-state index in [2.05, 4.69) is 14.8 Å². The minimum Gasteiger partial charge on any atom is -0.468 e. The Balaban J connectivity index is 2.06. The number of benzene rings is 3. The molecule has 3 rings (SSSR count). The van der Waals surface area contributed by atoms with Crippen molar-refractivity contribution in [1.29, 1.82) is 0 Å². The van der Waals surface area contributed by atoms with E-state index in [1.54, 1.807) is 0 Å². The molecule has 8 heteroatoms. The maximum Gasteiger partial charge on any atom is 0.320 e. The van der Waals surface area contributed by atoms with Crippen molar-refractivity contribution in [1.82, 2.24) is 5.32 Å². The zero-order valence-electron chi connectivity index (χ0n) is 18.0. The van der Waals surface area contributed by atoms with Gasteiger partial charge in [-0.05, 0) is 27.6 Å². The summed E-state index contributed by atoms with van der Waals surface area (Å²) in [6.07, 6.45) is 0. The normalized spacial score (nSPS) is 12.9. The Morgan fingerprint density at radius 1 is 0.844 bits per heavy atom. The summed E-state index contributed by atoms with van der Waals surface area (Å²) in [5.74, 6) is -5.68. The number of primary amides is 1. The molecule has 0 spiro atoms. The Labute approximate surface area is 184 Å². The van der Waals surface area contributed by atoms with Gasteiger partial charge in [-0.25, -0.2) is 0 Å². The van der Waals surface area contributed by atoms with Crippen LogP contribution in [0.4, 0.5) is 0 Å². The first-order valence-electron chi connectivity index (χ1n) is 9.96. The summed E-state index contributed by atoms with van der Waals surface area (Å²) in [5.41, 5.74) is 5.92. The van der Waals surface area contributed by atoms with E-state index in [0.29, 0.717) is 16.3 Å². The lowest BCUT2D eigenvalue weighted by Gasteiger charge is -2.27. The summed E-state index contributed by atoms with van der Waals surface area (Å²) in [5, 5.41) is 5.71. The number of nitrogens with one attached hydrogen (secondary N) is 1. The lowest BCUT2D eigenvalue weighted by Crippen LogP contribution is -2.52. The number of esters is 2. The molecular formula is C24H24N2O6. The lowest BCUT2D eigenvalue weighted by molar-refractivity contribution is -0.161. The van der Waals surface area contributed by atoms with Crippen LogP contribution in [0.3, 0.4) is 0 Å². The van der Waals surface area contributed by atoms with Crippen molar-refractivity contribution >= 4 is 45.3 Å². The fourth-order valence-corrected chi connectivity index (χ4v) is 3.91. The molecule has 166 valence electrons. The standard InChI is InChI=1S/C24H24N2O6/c1-13(18(23(29)31-2)24(30)32-3)20(21(25)27)26-22(28)19-16-10-6-4-8-14(16)12-15-9-5-7-11-17(15)19/h4-13,18,20H,1-3H3,(H2,25,27)(H,26,28)/t13-,20+/m0/s1. The summed E-state index contributed by atoms with van der Waals surface area (Å²) < 4.78 is 9.37. The van der Waals surface area contributed by atoms with Crippen molar-refractivity contribution in [3.05, 3.63) is 60.2 Å². The number of carbonyl (C=O) groups is 4. The van der Waals surface area contributed by atoms with Crippen LogP contribution in [-0.4, -0.2) is 44.0 Å². The Hall–Kier alpha value is -3.94. The van der Waals surface area contributed by atoms with Crippen LogP contribution in [-0.2, 0) is 23.9 Å². The van der Waals surface area contributed by atoms with Crippen molar-refractivity contribution in [2.24, 2.45) is 17.6 Å². The highest BCUT2D eigenvalue weighted by atomic mass is 16.5. The molecule has 32 heavy (non-hydrogen) atoms. The summed E-state index contributed by atoms with van der Waals surface area (Å²) in [6.45, 7) is 1.45. The summed E-state index contributed by atoms with van der Waals surface area (Å²) in [4.78, 5) is 50.1. The molecule has 8 nitrogen and oxygen atoms in total. The smallest absolute Gasteiger partial charge is 0.320 e. The fraction of sp³-hybridized carbons (Fsp3) is 0.250. The van der Waals surface area contributed by atoms with Gasteiger partial charge in [0.1, 0.15) is 6.04 Å². The predicted octanol–water partition coefficient (Wildman–Crippen LogP) is 2.17. The molecule has 0 saturated heterocycles. The Morgan fingerprint density at radius 3 is 1.75 bits per heavy atom.